The van der Waals surface area contributed by atoms with Crippen molar-refractivity contribution >= 4 is 29.2 Å². The predicted octanol–water partition coefficient (Wildman–Crippen LogP) is 4.76. The van der Waals surface area contributed by atoms with E-state index in [0.29, 0.717) is 24.8 Å². The maximum atomic E-state index is 13.3. The molecule has 40 heavy (non-hydrogen) atoms. The Morgan fingerprint density at radius 2 is 1.50 bits per heavy atom. The van der Waals surface area contributed by atoms with Crippen LogP contribution in [-0.4, -0.2) is 66.4 Å². The third kappa shape index (κ3) is 7.31. The fourth-order valence-electron chi connectivity index (χ4n) is 5.75. The SMILES string of the molecule is O=C(CN(Cc1ccc(F)cc1)C(=O)C1CCC1)Nc1ccc(N2CCN(C(=O)NC3CCCCC3)CC2)cc1. The van der Waals surface area contributed by atoms with E-state index in [1.165, 1.54) is 31.4 Å². The van der Waals surface area contributed by atoms with Crippen molar-refractivity contribution in [3.05, 3.63) is 59.9 Å². The summed E-state index contributed by atoms with van der Waals surface area (Å²) in [6, 6.07) is 14.1. The molecule has 0 unspecified atom stereocenters. The highest BCUT2D eigenvalue weighted by Gasteiger charge is 2.30. The van der Waals surface area contributed by atoms with E-state index in [-0.39, 0.29) is 42.7 Å². The molecule has 1 saturated heterocycles. The number of rotatable bonds is 8. The molecule has 214 valence electrons. The molecule has 0 aromatic heterocycles. The first-order valence-corrected chi connectivity index (χ1v) is 14.7. The number of nitrogens with one attached hydrogen (secondary N) is 2. The molecule has 0 bridgehead atoms. The normalized spacial score (nSPS) is 18.1. The van der Waals surface area contributed by atoms with Crippen LogP contribution in [0.1, 0.15) is 56.9 Å². The van der Waals surface area contributed by atoms with Gasteiger partial charge in [-0.1, -0.05) is 37.8 Å². The molecule has 0 atom stereocenters. The summed E-state index contributed by atoms with van der Waals surface area (Å²) in [5.41, 5.74) is 2.50. The minimum Gasteiger partial charge on any atom is -0.368 e. The van der Waals surface area contributed by atoms with Crippen LogP contribution in [0.3, 0.4) is 0 Å². The third-order valence-corrected chi connectivity index (χ3v) is 8.40. The monoisotopic (exact) mass is 549 g/mol. The number of hydrogen-bond donors (Lipinski definition) is 2. The summed E-state index contributed by atoms with van der Waals surface area (Å²) in [4.78, 5) is 44.3. The van der Waals surface area contributed by atoms with Gasteiger partial charge in [-0.3, -0.25) is 9.59 Å². The number of carbonyl (C=O) groups excluding carboxylic acids is 3. The number of amides is 4. The van der Waals surface area contributed by atoms with Crippen LogP contribution in [0.2, 0.25) is 0 Å². The van der Waals surface area contributed by atoms with Gasteiger partial charge in [-0.15, -0.1) is 0 Å². The molecular formula is C31H40FN5O3. The van der Waals surface area contributed by atoms with Gasteiger partial charge in [-0.05, 0) is 67.6 Å². The maximum Gasteiger partial charge on any atom is 0.317 e. The molecule has 3 aliphatic rings. The summed E-state index contributed by atoms with van der Waals surface area (Å²) in [6.45, 7) is 3.08. The second-order valence-corrected chi connectivity index (χ2v) is 11.3. The number of urea groups is 1. The van der Waals surface area contributed by atoms with E-state index < -0.39 is 0 Å². The van der Waals surface area contributed by atoms with Gasteiger partial charge < -0.3 is 25.3 Å². The van der Waals surface area contributed by atoms with Gasteiger partial charge in [0.2, 0.25) is 11.8 Å². The van der Waals surface area contributed by atoms with Gasteiger partial charge in [0.1, 0.15) is 12.4 Å². The molecular weight excluding hydrogens is 509 g/mol. The molecule has 2 N–H and O–H groups in total. The van der Waals surface area contributed by atoms with E-state index in [2.05, 4.69) is 15.5 Å². The predicted molar refractivity (Wildman–Crippen MR) is 153 cm³/mol. The van der Waals surface area contributed by atoms with Crippen LogP contribution in [-0.2, 0) is 16.1 Å². The smallest absolute Gasteiger partial charge is 0.317 e. The quantitative estimate of drug-likeness (QED) is 0.498. The summed E-state index contributed by atoms with van der Waals surface area (Å²) in [5, 5.41) is 6.12. The Hall–Kier alpha value is -3.62. The Balaban J connectivity index is 1.11. The van der Waals surface area contributed by atoms with Crippen molar-refractivity contribution in [2.45, 2.75) is 64.0 Å². The van der Waals surface area contributed by atoms with Crippen molar-refractivity contribution in [1.82, 2.24) is 15.1 Å². The van der Waals surface area contributed by atoms with Crippen molar-refractivity contribution in [3.8, 4) is 0 Å². The van der Waals surface area contributed by atoms with Crippen LogP contribution in [0.15, 0.2) is 48.5 Å². The standard InChI is InChI=1S/C31H40FN5O3/c32-25-11-9-23(10-12-25)21-37(30(39)24-5-4-6-24)22-29(38)33-27-13-15-28(16-14-27)35-17-19-36(20-18-35)31(40)34-26-7-2-1-3-8-26/h9-16,24,26H,1-8,17-22H2,(H,33,38)(H,34,40). The molecule has 1 heterocycles. The maximum absolute atomic E-state index is 13.3. The van der Waals surface area contributed by atoms with Crippen molar-refractivity contribution < 1.29 is 18.8 Å². The first-order chi connectivity index (χ1) is 19.4. The molecule has 2 aliphatic carbocycles. The van der Waals surface area contributed by atoms with Crippen molar-refractivity contribution in [3.63, 3.8) is 0 Å². The Morgan fingerprint density at radius 3 is 2.12 bits per heavy atom. The second-order valence-electron chi connectivity index (χ2n) is 11.3. The molecule has 0 spiro atoms. The van der Waals surface area contributed by atoms with E-state index in [9.17, 15) is 18.8 Å². The number of nitrogens with zero attached hydrogens (tertiary/aromatic N) is 3. The fraction of sp³-hybridized carbons (Fsp3) is 0.516. The molecule has 0 radical (unpaired) electrons. The van der Waals surface area contributed by atoms with E-state index in [4.69, 9.17) is 0 Å². The molecule has 2 aromatic carbocycles. The number of carbonyl (C=O) groups is 3. The van der Waals surface area contributed by atoms with Crippen LogP contribution in [0.4, 0.5) is 20.6 Å². The first-order valence-electron chi connectivity index (χ1n) is 14.7. The third-order valence-electron chi connectivity index (χ3n) is 8.40. The lowest BCUT2D eigenvalue weighted by molar-refractivity contribution is -0.141. The zero-order valence-corrected chi connectivity index (χ0v) is 23.1. The highest BCUT2D eigenvalue weighted by Crippen LogP contribution is 2.29. The number of halogens is 1. The Morgan fingerprint density at radius 1 is 0.825 bits per heavy atom. The summed E-state index contributed by atoms with van der Waals surface area (Å²) in [7, 11) is 0. The van der Waals surface area contributed by atoms with E-state index in [1.807, 2.05) is 29.2 Å². The number of anilines is 2. The second kappa shape index (κ2) is 13.2. The Labute approximate surface area is 235 Å². The van der Waals surface area contributed by atoms with Crippen molar-refractivity contribution in [2.24, 2.45) is 5.92 Å². The van der Waals surface area contributed by atoms with Gasteiger partial charge in [-0.2, -0.15) is 0 Å². The molecule has 5 rings (SSSR count). The molecule has 4 amide bonds. The zero-order valence-electron chi connectivity index (χ0n) is 23.1. The molecule has 1 aliphatic heterocycles. The Bertz CT molecular complexity index is 1150. The minimum absolute atomic E-state index is 0.0207. The van der Waals surface area contributed by atoms with Gasteiger partial charge in [0.15, 0.2) is 0 Å². The molecule has 8 nitrogen and oxygen atoms in total. The van der Waals surface area contributed by atoms with Gasteiger partial charge in [0, 0.05) is 56.1 Å². The van der Waals surface area contributed by atoms with Crippen LogP contribution < -0.4 is 15.5 Å². The van der Waals surface area contributed by atoms with Gasteiger partial charge >= 0.3 is 6.03 Å². The van der Waals surface area contributed by atoms with Crippen LogP contribution in [0, 0.1) is 11.7 Å². The zero-order chi connectivity index (χ0) is 27.9. The number of hydrogen-bond acceptors (Lipinski definition) is 4. The van der Waals surface area contributed by atoms with Crippen molar-refractivity contribution in [1.29, 1.82) is 0 Å². The minimum atomic E-state index is -0.330. The number of benzene rings is 2. The Kier molecular flexibility index (Phi) is 9.19. The average Bonchev–Trinajstić information content (AvgIpc) is 2.94. The highest BCUT2D eigenvalue weighted by molar-refractivity contribution is 5.95. The van der Waals surface area contributed by atoms with Gasteiger partial charge in [0.25, 0.3) is 0 Å². The molecule has 2 aromatic rings. The largest absolute Gasteiger partial charge is 0.368 e. The lowest BCUT2D eigenvalue weighted by atomic mass is 9.84. The summed E-state index contributed by atoms with van der Waals surface area (Å²) < 4.78 is 13.3. The lowest BCUT2D eigenvalue weighted by Crippen LogP contribution is -2.53. The topological polar surface area (TPSA) is 85.0 Å². The molecule has 3 fully saturated rings. The highest BCUT2D eigenvalue weighted by atomic mass is 19.1. The van der Waals surface area contributed by atoms with E-state index >= 15 is 0 Å². The van der Waals surface area contributed by atoms with Crippen LogP contribution >= 0.6 is 0 Å². The van der Waals surface area contributed by atoms with E-state index in [1.54, 1.807) is 17.0 Å². The van der Waals surface area contributed by atoms with Crippen molar-refractivity contribution in [2.75, 3.05) is 42.9 Å². The van der Waals surface area contributed by atoms with E-state index in [0.717, 1.165) is 56.4 Å². The number of piperazine rings is 1. The van der Waals surface area contributed by atoms with Crippen LogP contribution in [0.5, 0.6) is 0 Å². The van der Waals surface area contributed by atoms with Gasteiger partial charge in [-0.25, -0.2) is 9.18 Å². The summed E-state index contributed by atoms with van der Waals surface area (Å²) in [5.74, 6) is -0.650. The summed E-state index contributed by atoms with van der Waals surface area (Å²) >= 11 is 0. The average molecular weight is 550 g/mol. The molecule has 9 heteroatoms. The van der Waals surface area contributed by atoms with Crippen LogP contribution in [0.25, 0.3) is 0 Å². The first kappa shape index (κ1) is 27.9. The molecule has 2 saturated carbocycles. The lowest BCUT2D eigenvalue weighted by Gasteiger charge is -2.37. The fourth-order valence-corrected chi connectivity index (χ4v) is 5.75. The summed E-state index contributed by atoms with van der Waals surface area (Å²) in [6.07, 6.45) is 8.55. The van der Waals surface area contributed by atoms with Gasteiger partial charge in [0.05, 0.1) is 0 Å².